The third kappa shape index (κ3) is 9.76. The molecule has 0 unspecified atom stereocenters. The van der Waals surface area contributed by atoms with Crippen LogP contribution in [0, 0.1) is 0 Å². The van der Waals surface area contributed by atoms with Crippen molar-refractivity contribution in [2.75, 3.05) is 0 Å². The van der Waals surface area contributed by atoms with E-state index in [1.807, 2.05) is 0 Å². The molecule has 0 amide bonds. The smallest absolute Gasteiger partial charge is 0.128 e. The molecule has 1 rings (SSSR count). The van der Waals surface area contributed by atoms with Gasteiger partial charge in [-0.25, -0.2) is 0 Å². The molecule has 0 aliphatic heterocycles. The molecule has 0 aliphatic rings. The molecule has 2 N–H and O–H groups in total. The Morgan fingerprint density at radius 1 is 1.18 bits per heavy atom. The van der Waals surface area contributed by atoms with Crippen molar-refractivity contribution in [1.82, 2.24) is 0 Å². The molecule has 0 aromatic heterocycles. The predicted octanol–water partition coefficient (Wildman–Crippen LogP) is 3.75. The Labute approximate surface area is 121 Å². The minimum absolute atomic E-state index is 0.194. The Hall–Kier alpha value is 0.0834. The summed E-state index contributed by atoms with van der Waals surface area (Å²) in [5, 5.41) is 3.08. The van der Waals surface area contributed by atoms with Gasteiger partial charge in [0.25, 0.3) is 0 Å². The Bertz CT molecular complexity index is 294. The standard InChI is InChI=1S/C6H5.2C3H7.CH3NS2.Zn/c1-2-4-6-5-3-1;2*1-3-2;2-1(3)4;/h1-5H;2*1,3H2,2H3;(H3,2,3,4);. The van der Waals surface area contributed by atoms with E-state index in [0.717, 1.165) is 0 Å². The third-order valence-corrected chi connectivity index (χ3v) is 12.9. The Morgan fingerprint density at radius 2 is 1.59 bits per heavy atom. The number of nitrogens with two attached hydrogens (primary N) is 1. The number of rotatable bonds is 5. The number of thiol groups is 1. The summed E-state index contributed by atoms with van der Waals surface area (Å²) in [5.74, 6) is 0. The second-order valence-corrected chi connectivity index (χ2v) is 13.9. The van der Waals surface area contributed by atoms with Crippen LogP contribution in [0.4, 0.5) is 0 Å². The van der Waals surface area contributed by atoms with Gasteiger partial charge in [-0.1, -0.05) is 12.2 Å². The van der Waals surface area contributed by atoms with Crippen molar-refractivity contribution >= 4 is 33.3 Å². The van der Waals surface area contributed by atoms with Crippen LogP contribution >= 0.6 is 24.8 Å². The van der Waals surface area contributed by atoms with Gasteiger partial charge in [0.1, 0.15) is 4.32 Å². The molecule has 1 nitrogen and oxygen atoms in total. The molecule has 0 radical (unpaired) electrons. The summed E-state index contributed by atoms with van der Waals surface area (Å²) < 4.78 is 1.92. The molecule has 4 heteroatoms. The van der Waals surface area contributed by atoms with E-state index in [1.54, 1.807) is 4.16 Å². The zero-order valence-electron chi connectivity index (χ0n) is 10.9. The van der Waals surface area contributed by atoms with Gasteiger partial charge in [0.2, 0.25) is 0 Å². The van der Waals surface area contributed by atoms with Gasteiger partial charge in [0, 0.05) is 0 Å². The van der Waals surface area contributed by atoms with Crippen LogP contribution in [0.15, 0.2) is 30.3 Å². The van der Waals surface area contributed by atoms with Crippen molar-refractivity contribution in [3.63, 3.8) is 0 Å². The maximum atomic E-state index is 4.71. The van der Waals surface area contributed by atoms with Gasteiger partial charge >= 0.3 is 87.2 Å². The van der Waals surface area contributed by atoms with Crippen molar-refractivity contribution in [2.24, 2.45) is 5.73 Å². The first-order valence-electron chi connectivity index (χ1n) is 6.39. The van der Waals surface area contributed by atoms with Crippen molar-refractivity contribution in [3.8, 4) is 0 Å². The van der Waals surface area contributed by atoms with E-state index in [-0.39, 0.29) is 4.32 Å². The molecule has 0 heterocycles. The van der Waals surface area contributed by atoms with E-state index in [0.29, 0.717) is 0 Å². The Kier molecular flexibility index (Phi) is 11.2. The van der Waals surface area contributed by atoms with Crippen LogP contribution in [0.2, 0.25) is 10.0 Å². The first-order chi connectivity index (χ1) is 8.11. The third-order valence-electron chi connectivity index (χ3n) is 2.98. The summed E-state index contributed by atoms with van der Waals surface area (Å²) in [6.07, 6.45) is 2.77. The van der Waals surface area contributed by atoms with Crippen molar-refractivity contribution in [2.45, 2.75) is 36.7 Å². The van der Waals surface area contributed by atoms with Crippen LogP contribution in [0.1, 0.15) is 26.7 Å². The molecule has 0 bridgehead atoms. The van der Waals surface area contributed by atoms with Crippen molar-refractivity contribution in [1.29, 1.82) is 0 Å². The fourth-order valence-corrected chi connectivity index (χ4v) is 10.3. The molecule has 93 valence electrons. The predicted molar refractivity (Wildman–Crippen MR) is 82.0 cm³/mol. The molecule has 0 spiro atoms. The number of benzene rings is 1. The maximum Gasteiger partial charge on any atom is 0.128 e. The molecule has 0 saturated carbocycles. The summed E-state index contributed by atoms with van der Waals surface area (Å²) in [6, 6.07) is 11.2. The first kappa shape index (κ1) is 17.1. The number of hydrogen-bond donors (Lipinski definition) is 2. The van der Waals surface area contributed by atoms with Gasteiger partial charge in [-0.15, -0.1) is 12.6 Å². The SMILES string of the molecule is CC[CH2][Zn]([CH2]CC)[c]1ccccc1.NC(=S)S. The van der Waals surface area contributed by atoms with E-state index in [2.05, 4.69) is 69.0 Å². The monoisotopic (exact) mass is 320 g/mol. The number of hydrogen-bond acceptors (Lipinski definition) is 1. The van der Waals surface area contributed by atoms with Crippen LogP contribution in [0.3, 0.4) is 0 Å². The van der Waals surface area contributed by atoms with Crippen LogP contribution in [-0.2, 0) is 16.0 Å². The molecular weight excluding hydrogens is 300 g/mol. The first-order valence-corrected chi connectivity index (χ1v) is 12.9. The molecule has 17 heavy (non-hydrogen) atoms. The maximum absolute atomic E-state index is 4.71. The van der Waals surface area contributed by atoms with Crippen LogP contribution in [0.5, 0.6) is 0 Å². The van der Waals surface area contributed by atoms with Crippen LogP contribution in [0.25, 0.3) is 0 Å². The molecule has 0 fully saturated rings. The van der Waals surface area contributed by atoms with Crippen LogP contribution < -0.4 is 9.89 Å². The largest absolute Gasteiger partial charge is 0.385 e. The topological polar surface area (TPSA) is 26.0 Å². The molecule has 1 aromatic rings. The van der Waals surface area contributed by atoms with Gasteiger partial charge in [-0.3, -0.25) is 0 Å². The molecule has 0 atom stereocenters. The molecule has 0 aliphatic carbocycles. The second kappa shape index (κ2) is 11.2. The minimum atomic E-state index is -1.28. The van der Waals surface area contributed by atoms with Gasteiger partial charge < -0.3 is 5.73 Å². The van der Waals surface area contributed by atoms with E-state index >= 15 is 0 Å². The molecule has 0 saturated heterocycles. The number of thiocarbonyl (C=S) groups is 1. The van der Waals surface area contributed by atoms with Gasteiger partial charge in [0.05, 0.1) is 0 Å². The van der Waals surface area contributed by atoms with E-state index in [9.17, 15) is 0 Å². The molecular formula is C13H22NS2Zn. The van der Waals surface area contributed by atoms with E-state index < -0.39 is 16.0 Å². The summed E-state index contributed by atoms with van der Waals surface area (Å²) in [7, 11) is 0. The van der Waals surface area contributed by atoms with Crippen molar-refractivity contribution in [3.05, 3.63) is 30.3 Å². The Balaban J connectivity index is 0.000000557. The van der Waals surface area contributed by atoms with Gasteiger partial charge in [-0.2, -0.15) is 0 Å². The average molecular weight is 322 g/mol. The Morgan fingerprint density at radius 3 is 1.94 bits per heavy atom. The molecule has 1 aromatic carbocycles. The quantitative estimate of drug-likeness (QED) is 0.491. The average Bonchev–Trinajstić information content (AvgIpc) is 2.29. The zero-order valence-corrected chi connectivity index (χ0v) is 15.5. The van der Waals surface area contributed by atoms with Gasteiger partial charge in [-0.05, 0) is 0 Å². The van der Waals surface area contributed by atoms with Crippen LogP contribution in [-0.4, -0.2) is 4.32 Å². The normalized spacial score (nSPS) is 9.12. The fourth-order valence-electron chi connectivity index (χ4n) is 2.25. The van der Waals surface area contributed by atoms with E-state index in [4.69, 9.17) is 5.73 Å². The van der Waals surface area contributed by atoms with Gasteiger partial charge in [0.15, 0.2) is 0 Å². The summed E-state index contributed by atoms with van der Waals surface area (Å²) in [4.78, 5) is 0. The summed E-state index contributed by atoms with van der Waals surface area (Å²) >= 11 is 6.37. The summed E-state index contributed by atoms with van der Waals surface area (Å²) in [5.41, 5.74) is 4.71. The fraction of sp³-hybridized carbons (Fsp3) is 0.462. The minimum Gasteiger partial charge on any atom is -0.385 e. The summed E-state index contributed by atoms with van der Waals surface area (Å²) in [6.45, 7) is 4.64. The second-order valence-electron chi connectivity index (χ2n) is 4.38. The van der Waals surface area contributed by atoms with Crippen molar-refractivity contribution < 1.29 is 16.0 Å². The zero-order chi connectivity index (χ0) is 13.1. The van der Waals surface area contributed by atoms with E-state index in [1.165, 1.54) is 22.9 Å².